The van der Waals surface area contributed by atoms with E-state index in [4.69, 9.17) is 9.88 Å². The minimum atomic E-state index is -3.75. The van der Waals surface area contributed by atoms with E-state index in [1.807, 2.05) is 6.92 Å². The lowest BCUT2D eigenvalue weighted by Crippen LogP contribution is -2.32. The Morgan fingerprint density at radius 2 is 1.83 bits per heavy atom. The number of benzene rings is 2. The fourth-order valence-electron chi connectivity index (χ4n) is 3.15. The number of carbonyl (C=O) groups is 2. The van der Waals surface area contributed by atoms with Crippen molar-refractivity contribution in [3.63, 3.8) is 0 Å². The lowest BCUT2D eigenvalue weighted by Gasteiger charge is -2.17. The molecule has 1 atom stereocenters. The summed E-state index contributed by atoms with van der Waals surface area (Å²) in [5.41, 5.74) is 1.46. The third-order valence-corrected chi connectivity index (χ3v) is 5.60. The number of anilines is 1. The van der Waals surface area contributed by atoms with Crippen LogP contribution < -0.4 is 20.1 Å². The zero-order chi connectivity index (χ0) is 21.0. The molecule has 1 aliphatic heterocycles. The number of nitrogens with two attached hydrogens (primary N) is 1. The maximum atomic E-state index is 12.5. The first kappa shape index (κ1) is 20.8. The van der Waals surface area contributed by atoms with Crippen molar-refractivity contribution in [2.45, 2.75) is 24.8 Å². The Hall–Kier alpha value is -2.91. The number of nitrogens with zero attached hydrogens (tertiary/aromatic N) is 1. The molecule has 1 heterocycles. The van der Waals surface area contributed by atoms with Crippen molar-refractivity contribution >= 4 is 27.5 Å². The average molecular weight is 417 g/mol. The molecule has 2 amide bonds. The highest BCUT2D eigenvalue weighted by Crippen LogP contribution is 2.27. The van der Waals surface area contributed by atoms with Gasteiger partial charge in [-0.05, 0) is 48.9 Å². The fraction of sp³-hybridized carbons (Fsp3) is 0.300. The predicted molar refractivity (Wildman–Crippen MR) is 108 cm³/mol. The van der Waals surface area contributed by atoms with Crippen molar-refractivity contribution < 1.29 is 22.7 Å². The molecule has 2 aromatic rings. The van der Waals surface area contributed by atoms with E-state index in [1.54, 1.807) is 41.3 Å². The topological polar surface area (TPSA) is 119 Å². The van der Waals surface area contributed by atoms with E-state index in [1.165, 1.54) is 12.1 Å². The van der Waals surface area contributed by atoms with Crippen molar-refractivity contribution in [1.82, 2.24) is 5.32 Å². The number of carbonyl (C=O) groups excluding carboxylic acids is 2. The number of amides is 2. The fourth-order valence-corrected chi connectivity index (χ4v) is 3.67. The first-order valence-electron chi connectivity index (χ1n) is 9.20. The van der Waals surface area contributed by atoms with Crippen LogP contribution in [0.1, 0.15) is 18.9 Å². The number of ether oxygens (including phenoxy) is 1. The number of primary sulfonamides is 1. The molecule has 154 valence electrons. The van der Waals surface area contributed by atoms with Gasteiger partial charge in [0.1, 0.15) is 5.75 Å². The minimum Gasteiger partial charge on any atom is -0.494 e. The summed E-state index contributed by atoms with van der Waals surface area (Å²) in [6.45, 7) is 3.01. The third-order valence-electron chi connectivity index (χ3n) is 4.67. The van der Waals surface area contributed by atoms with Gasteiger partial charge in [0.2, 0.25) is 21.8 Å². The van der Waals surface area contributed by atoms with Gasteiger partial charge in [-0.25, -0.2) is 13.6 Å². The molecule has 9 heteroatoms. The van der Waals surface area contributed by atoms with Crippen LogP contribution in [0.5, 0.6) is 5.75 Å². The first-order chi connectivity index (χ1) is 13.8. The summed E-state index contributed by atoms with van der Waals surface area (Å²) in [7, 11) is -3.75. The maximum Gasteiger partial charge on any atom is 0.238 e. The number of rotatable bonds is 7. The SMILES string of the molecule is CCOc1ccc(N2CC(C(=O)NCc3ccc(S(N)(=O)=O)cc3)CC2=O)cc1. The van der Waals surface area contributed by atoms with Gasteiger partial charge in [-0.3, -0.25) is 9.59 Å². The molecule has 1 fully saturated rings. The zero-order valence-corrected chi connectivity index (χ0v) is 16.8. The molecule has 1 aliphatic rings. The predicted octanol–water partition coefficient (Wildman–Crippen LogP) is 1.40. The molecule has 2 aromatic carbocycles. The second kappa shape index (κ2) is 8.62. The molecule has 0 radical (unpaired) electrons. The Bertz CT molecular complexity index is 988. The second-order valence-corrected chi connectivity index (χ2v) is 8.30. The number of hydrogen-bond donors (Lipinski definition) is 2. The smallest absolute Gasteiger partial charge is 0.238 e. The molecule has 0 saturated carbocycles. The van der Waals surface area contributed by atoms with E-state index in [9.17, 15) is 18.0 Å². The molecule has 0 bridgehead atoms. The van der Waals surface area contributed by atoms with Gasteiger partial charge in [0, 0.05) is 25.2 Å². The molecule has 0 spiro atoms. The lowest BCUT2D eigenvalue weighted by molar-refractivity contribution is -0.126. The Morgan fingerprint density at radius 3 is 2.41 bits per heavy atom. The summed E-state index contributed by atoms with van der Waals surface area (Å²) in [5.74, 6) is -0.0440. The minimum absolute atomic E-state index is 0.0139. The summed E-state index contributed by atoms with van der Waals surface area (Å²) in [4.78, 5) is 26.4. The number of hydrogen-bond acceptors (Lipinski definition) is 5. The second-order valence-electron chi connectivity index (χ2n) is 6.74. The quantitative estimate of drug-likeness (QED) is 0.706. The molecule has 1 unspecified atom stereocenters. The number of nitrogens with one attached hydrogen (secondary N) is 1. The molecule has 0 aromatic heterocycles. The van der Waals surface area contributed by atoms with E-state index < -0.39 is 15.9 Å². The number of sulfonamides is 1. The highest BCUT2D eigenvalue weighted by Gasteiger charge is 2.35. The highest BCUT2D eigenvalue weighted by molar-refractivity contribution is 7.89. The van der Waals surface area contributed by atoms with Crippen LogP contribution in [0.4, 0.5) is 5.69 Å². The van der Waals surface area contributed by atoms with E-state index in [-0.39, 0.29) is 29.7 Å². The molecular formula is C20H23N3O5S. The van der Waals surface area contributed by atoms with Crippen LogP contribution in [-0.4, -0.2) is 33.4 Å². The summed E-state index contributed by atoms with van der Waals surface area (Å²) in [6.07, 6.45) is 0.142. The molecule has 29 heavy (non-hydrogen) atoms. The maximum absolute atomic E-state index is 12.5. The Labute approximate surface area is 169 Å². The van der Waals surface area contributed by atoms with E-state index >= 15 is 0 Å². The van der Waals surface area contributed by atoms with Crippen molar-refractivity contribution in [3.05, 3.63) is 54.1 Å². The normalized spacial score (nSPS) is 16.7. The molecule has 3 rings (SSSR count). The van der Waals surface area contributed by atoms with Crippen LogP contribution in [0.3, 0.4) is 0 Å². The first-order valence-corrected chi connectivity index (χ1v) is 10.7. The van der Waals surface area contributed by atoms with Crippen molar-refractivity contribution in [3.8, 4) is 5.75 Å². The van der Waals surface area contributed by atoms with E-state index in [0.29, 0.717) is 13.2 Å². The molecular weight excluding hydrogens is 394 g/mol. The molecule has 3 N–H and O–H groups in total. The van der Waals surface area contributed by atoms with Crippen LogP contribution in [-0.2, 0) is 26.2 Å². The van der Waals surface area contributed by atoms with Crippen LogP contribution in [0.15, 0.2) is 53.4 Å². The van der Waals surface area contributed by atoms with Gasteiger partial charge >= 0.3 is 0 Å². The average Bonchev–Trinajstić information content (AvgIpc) is 3.08. The molecule has 0 aliphatic carbocycles. The van der Waals surface area contributed by atoms with Crippen molar-refractivity contribution in [2.24, 2.45) is 11.1 Å². The largest absolute Gasteiger partial charge is 0.494 e. The lowest BCUT2D eigenvalue weighted by atomic mass is 10.1. The van der Waals surface area contributed by atoms with Crippen LogP contribution in [0.25, 0.3) is 0 Å². The summed E-state index contributed by atoms with van der Waals surface area (Å²) in [6, 6.07) is 13.2. The Balaban J connectivity index is 1.57. The third kappa shape index (κ3) is 5.12. The van der Waals surface area contributed by atoms with Gasteiger partial charge in [-0.15, -0.1) is 0 Å². The zero-order valence-electron chi connectivity index (χ0n) is 16.0. The van der Waals surface area contributed by atoms with Crippen molar-refractivity contribution in [1.29, 1.82) is 0 Å². The monoisotopic (exact) mass is 417 g/mol. The summed E-state index contributed by atoms with van der Waals surface area (Å²) >= 11 is 0. The van der Waals surface area contributed by atoms with Gasteiger partial charge in [-0.1, -0.05) is 12.1 Å². The van der Waals surface area contributed by atoms with Crippen LogP contribution in [0, 0.1) is 5.92 Å². The molecule has 1 saturated heterocycles. The van der Waals surface area contributed by atoms with Crippen molar-refractivity contribution in [2.75, 3.05) is 18.1 Å². The van der Waals surface area contributed by atoms with Gasteiger partial charge < -0.3 is 15.0 Å². The van der Waals surface area contributed by atoms with Gasteiger partial charge in [0.25, 0.3) is 0 Å². The highest BCUT2D eigenvalue weighted by atomic mass is 32.2. The molecule has 8 nitrogen and oxygen atoms in total. The Morgan fingerprint density at radius 1 is 1.17 bits per heavy atom. The Kier molecular flexibility index (Phi) is 6.19. The van der Waals surface area contributed by atoms with Gasteiger partial charge in [0.05, 0.1) is 17.4 Å². The standard InChI is InChI=1S/C20H23N3O5S/c1-2-28-17-7-5-16(6-8-17)23-13-15(11-19(23)24)20(25)22-12-14-3-9-18(10-4-14)29(21,26)27/h3-10,15H,2,11-13H2,1H3,(H,22,25)(H2,21,26,27). The summed E-state index contributed by atoms with van der Waals surface area (Å²) < 4.78 is 28.0. The van der Waals surface area contributed by atoms with Gasteiger partial charge in [0.15, 0.2) is 0 Å². The van der Waals surface area contributed by atoms with Gasteiger partial charge in [-0.2, -0.15) is 0 Å². The summed E-state index contributed by atoms with van der Waals surface area (Å²) in [5, 5.41) is 7.87. The van der Waals surface area contributed by atoms with E-state index in [2.05, 4.69) is 5.32 Å². The van der Waals surface area contributed by atoms with E-state index in [0.717, 1.165) is 17.0 Å². The van der Waals surface area contributed by atoms with Crippen LogP contribution in [0.2, 0.25) is 0 Å². The van der Waals surface area contributed by atoms with Crippen LogP contribution >= 0.6 is 0 Å².